The van der Waals surface area contributed by atoms with Crippen LogP contribution >= 0.6 is 0 Å². The maximum absolute atomic E-state index is 13.1. The molecule has 32 heavy (non-hydrogen) atoms. The molecule has 190 valence electrons. The Balaban J connectivity index is 3.41. The topological polar surface area (TPSA) is 100 Å². The summed E-state index contributed by atoms with van der Waals surface area (Å²) < 4.78 is 51.6. The van der Waals surface area contributed by atoms with E-state index in [0.29, 0.717) is 0 Å². The Morgan fingerprint density at radius 1 is 0.656 bits per heavy atom. The molecule has 10 nitrogen and oxygen atoms in total. The lowest BCUT2D eigenvalue weighted by Crippen LogP contribution is -2.64. The molecule has 0 aromatic carbocycles. The van der Waals surface area contributed by atoms with Crippen LogP contribution in [-0.4, -0.2) is 88.6 Å². The Morgan fingerprint density at radius 2 is 1.06 bits per heavy atom. The molecular weight excluding hydrogens is 424 g/mol. The quantitative estimate of drug-likeness (QED) is 0.297. The van der Waals surface area contributed by atoms with Gasteiger partial charge in [0.25, 0.3) is 0 Å². The number of methoxy groups -OCH3 is 4. The van der Waals surface area contributed by atoms with Crippen molar-refractivity contribution in [3.05, 3.63) is 0 Å². The van der Waals surface area contributed by atoms with Crippen molar-refractivity contribution in [2.45, 2.75) is 103 Å². The van der Waals surface area contributed by atoms with Crippen LogP contribution in [0.1, 0.15) is 55.4 Å². The normalized spacial score (nSPS) is 25.7. The first-order valence-corrected chi connectivity index (χ1v) is 10.6. The van der Waals surface area contributed by atoms with Gasteiger partial charge in [-0.05, 0) is 55.4 Å². The zero-order valence-corrected chi connectivity index (χ0v) is 21.6. The summed E-state index contributed by atoms with van der Waals surface area (Å²) in [6, 6.07) is 0. The van der Waals surface area contributed by atoms with Gasteiger partial charge < -0.3 is 42.6 Å². The maximum atomic E-state index is 13.1. The predicted molar refractivity (Wildman–Crippen MR) is 115 cm³/mol. The van der Waals surface area contributed by atoms with Crippen LogP contribution in [0.4, 0.5) is 0 Å². The van der Waals surface area contributed by atoms with Crippen molar-refractivity contribution < 1.29 is 47.4 Å². The predicted octanol–water partition coefficient (Wildman–Crippen LogP) is 2.61. The van der Waals surface area contributed by atoms with Gasteiger partial charge in [0.2, 0.25) is 0 Å². The molecule has 1 saturated heterocycles. The van der Waals surface area contributed by atoms with Crippen molar-refractivity contribution in [2.24, 2.45) is 0 Å². The first kappa shape index (κ1) is 29.2. The second kappa shape index (κ2) is 11.1. The van der Waals surface area contributed by atoms with E-state index in [-0.39, 0.29) is 6.61 Å². The number of ether oxygens (including phenoxy) is 9. The van der Waals surface area contributed by atoms with Gasteiger partial charge in [0.05, 0.1) is 6.61 Å². The minimum atomic E-state index is -1.16. The van der Waals surface area contributed by atoms with E-state index in [4.69, 9.17) is 42.6 Å². The summed E-state index contributed by atoms with van der Waals surface area (Å²) in [5.41, 5.74) is 0. The molecule has 0 bridgehead atoms. The average Bonchev–Trinajstić information content (AvgIpc) is 2.71. The van der Waals surface area contributed by atoms with Crippen LogP contribution in [0.2, 0.25) is 0 Å². The third-order valence-corrected chi connectivity index (χ3v) is 5.30. The summed E-state index contributed by atoms with van der Waals surface area (Å²) in [4.78, 5) is 13.1. The summed E-state index contributed by atoms with van der Waals surface area (Å²) in [6.07, 6.45) is -3.77. The van der Waals surface area contributed by atoms with Crippen LogP contribution in [0.5, 0.6) is 0 Å². The first-order chi connectivity index (χ1) is 14.5. The van der Waals surface area contributed by atoms with Crippen molar-refractivity contribution in [1.29, 1.82) is 0 Å². The zero-order chi connectivity index (χ0) is 25.0. The Bertz CT molecular complexity index is 602. The van der Waals surface area contributed by atoms with Gasteiger partial charge in [0.15, 0.2) is 35.4 Å². The van der Waals surface area contributed by atoms with E-state index < -0.39 is 53.5 Å². The van der Waals surface area contributed by atoms with Gasteiger partial charge in [-0.15, -0.1) is 0 Å². The van der Waals surface area contributed by atoms with Gasteiger partial charge in [0.1, 0.15) is 12.2 Å². The van der Waals surface area contributed by atoms with Gasteiger partial charge in [0, 0.05) is 28.4 Å². The first-order valence-electron chi connectivity index (χ1n) is 10.6. The fourth-order valence-electron chi connectivity index (χ4n) is 2.76. The second-order valence-corrected chi connectivity index (χ2v) is 9.41. The fraction of sp³-hybridized carbons (Fsp3) is 0.955. The van der Waals surface area contributed by atoms with Crippen LogP contribution in [0.15, 0.2) is 0 Å². The molecule has 10 heteroatoms. The average molecular weight is 467 g/mol. The standard InChI is InChI=1S/C22H42O10/c1-19(2,24-9)28-13-14-15(30-20(3,4)25-10)16(31-21(5,6)26-11)17(18(23)29-14)32-22(7,8)27-12/h14-17H,13H2,1-12H3/t14-,15-,16+,17-/m1/s1. The van der Waals surface area contributed by atoms with E-state index in [0.717, 1.165) is 0 Å². The molecule has 1 aliphatic rings. The summed E-state index contributed by atoms with van der Waals surface area (Å²) in [5.74, 6) is -4.71. The number of cyclic esters (lactones) is 1. The molecule has 0 N–H and O–H groups in total. The van der Waals surface area contributed by atoms with E-state index in [2.05, 4.69) is 0 Å². The van der Waals surface area contributed by atoms with Crippen molar-refractivity contribution in [3.8, 4) is 0 Å². The lowest BCUT2D eigenvalue weighted by molar-refractivity contribution is -0.346. The molecule has 0 amide bonds. The van der Waals surface area contributed by atoms with Crippen LogP contribution in [-0.2, 0) is 47.4 Å². The molecule has 0 unspecified atom stereocenters. The molecule has 0 radical (unpaired) electrons. The zero-order valence-electron chi connectivity index (χ0n) is 21.6. The SMILES string of the molecule is COC(C)(C)OC[C@H]1OC(=O)[C@H](OC(C)(C)OC)[C@@H](OC(C)(C)OC)[C@@H]1OC(C)(C)OC. The Labute approximate surface area is 192 Å². The van der Waals surface area contributed by atoms with Crippen LogP contribution in [0, 0.1) is 0 Å². The minimum absolute atomic E-state index is 0.00922. The number of esters is 1. The number of carbonyl (C=O) groups is 1. The van der Waals surface area contributed by atoms with Gasteiger partial charge in [-0.3, -0.25) is 0 Å². The highest BCUT2D eigenvalue weighted by Crippen LogP contribution is 2.34. The molecule has 0 aromatic heterocycles. The van der Waals surface area contributed by atoms with E-state index in [9.17, 15) is 4.79 Å². The van der Waals surface area contributed by atoms with Crippen LogP contribution in [0.25, 0.3) is 0 Å². The summed E-state index contributed by atoms with van der Waals surface area (Å²) >= 11 is 0. The monoisotopic (exact) mass is 466 g/mol. The second-order valence-electron chi connectivity index (χ2n) is 9.41. The molecule has 1 rings (SSSR count). The number of rotatable bonds is 13. The summed E-state index contributed by atoms with van der Waals surface area (Å²) in [7, 11) is 6.03. The Morgan fingerprint density at radius 3 is 1.50 bits per heavy atom. The number of hydrogen-bond acceptors (Lipinski definition) is 10. The summed E-state index contributed by atoms with van der Waals surface area (Å²) in [6.45, 7) is 13.8. The van der Waals surface area contributed by atoms with Crippen molar-refractivity contribution >= 4 is 5.97 Å². The molecule has 0 aliphatic carbocycles. The lowest BCUT2D eigenvalue weighted by atomic mass is 9.97. The summed E-state index contributed by atoms with van der Waals surface area (Å²) in [5, 5.41) is 0. The fourth-order valence-corrected chi connectivity index (χ4v) is 2.76. The molecule has 0 saturated carbocycles. The van der Waals surface area contributed by atoms with Crippen molar-refractivity contribution in [2.75, 3.05) is 35.0 Å². The van der Waals surface area contributed by atoms with E-state index in [1.807, 2.05) is 0 Å². The molecule has 1 aliphatic heterocycles. The van der Waals surface area contributed by atoms with E-state index in [1.165, 1.54) is 28.4 Å². The molecule has 1 fully saturated rings. The minimum Gasteiger partial charge on any atom is -0.455 e. The number of hydrogen-bond donors (Lipinski definition) is 0. The highest BCUT2D eigenvalue weighted by atomic mass is 16.8. The van der Waals surface area contributed by atoms with Gasteiger partial charge in [-0.25, -0.2) is 4.79 Å². The highest BCUT2D eigenvalue weighted by Gasteiger charge is 2.53. The Kier molecular flexibility index (Phi) is 10.1. The van der Waals surface area contributed by atoms with Gasteiger partial charge >= 0.3 is 5.97 Å². The smallest absolute Gasteiger partial charge is 0.338 e. The van der Waals surface area contributed by atoms with Gasteiger partial charge in [-0.1, -0.05) is 0 Å². The molecule has 0 aromatic rings. The Hall–Kier alpha value is -0.850. The van der Waals surface area contributed by atoms with E-state index >= 15 is 0 Å². The van der Waals surface area contributed by atoms with Gasteiger partial charge in [-0.2, -0.15) is 0 Å². The molecule has 1 heterocycles. The maximum Gasteiger partial charge on any atom is 0.338 e. The third kappa shape index (κ3) is 8.49. The van der Waals surface area contributed by atoms with Crippen LogP contribution < -0.4 is 0 Å². The molecule has 0 spiro atoms. The van der Waals surface area contributed by atoms with Crippen molar-refractivity contribution in [1.82, 2.24) is 0 Å². The molecular formula is C22H42O10. The highest BCUT2D eigenvalue weighted by molar-refractivity contribution is 5.77. The van der Waals surface area contributed by atoms with Crippen LogP contribution in [0.3, 0.4) is 0 Å². The van der Waals surface area contributed by atoms with E-state index in [1.54, 1.807) is 55.4 Å². The molecule has 4 atom stereocenters. The van der Waals surface area contributed by atoms with Crippen molar-refractivity contribution in [3.63, 3.8) is 0 Å². The lowest BCUT2D eigenvalue weighted by Gasteiger charge is -2.47. The number of carbonyl (C=O) groups excluding carboxylic acids is 1. The third-order valence-electron chi connectivity index (χ3n) is 5.30. The largest absolute Gasteiger partial charge is 0.455 e.